The molecule has 192 valence electrons. The highest BCUT2D eigenvalue weighted by atomic mass is 16.5. The average molecular weight is 496 g/mol. The van der Waals surface area contributed by atoms with Crippen LogP contribution in [-0.2, 0) is 9.59 Å². The molecule has 4 rings (SSSR count). The van der Waals surface area contributed by atoms with Crippen molar-refractivity contribution in [2.45, 2.75) is 51.0 Å². The van der Waals surface area contributed by atoms with E-state index in [9.17, 15) is 9.59 Å². The molecule has 0 aromatic heterocycles. The highest BCUT2D eigenvalue weighted by Crippen LogP contribution is 2.47. The summed E-state index contributed by atoms with van der Waals surface area (Å²) in [5, 5.41) is 2.97. The second-order valence-corrected chi connectivity index (χ2v) is 9.25. The van der Waals surface area contributed by atoms with Crippen molar-refractivity contribution >= 4 is 11.7 Å². The van der Waals surface area contributed by atoms with Crippen LogP contribution in [0.4, 0.5) is 0 Å². The molecule has 0 radical (unpaired) electrons. The monoisotopic (exact) mass is 495 g/mol. The molecule has 0 saturated carbocycles. The van der Waals surface area contributed by atoms with Gasteiger partial charge in [0.25, 0.3) is 0 Å². The fourth-order valence-electron chi connectivity index (χ4n) is 5.08. The van der Waals surface area contributed by atoms with E-state index in [0.717, 1.165) is 11.1 Å². The molecule has 0 fully saturated rings. The zero-order valence-corrected chi connectivity index (χ0v) is 21.6. The van der Waals surface area contributed by atoms with Crippen LogP contribution in [0.5, 0.6) is 28.7 Å². The first-order chi connectivity index (χ1) is 17.3. The van der Waals surface area contributed by atoms with Crippen LogP contribution in [0.2, 0.25) is 0 Å². The van der Waals surface area contributed by atoms with E-state index in [-0.39, 0.29) is 30.1 Å². The highest BCUT2D eigenvalue weighted by molar-refractivity contribution is 6.02. The summed E-state index contributed by atoms with van der Waals surface area (Å²) in [6.45, 7) is 3.91. The summed E-state index contributed by atoms with van der Waals surface area (Å²) in [5.74, 6) is 2.18. The van der Waals surface area contributed by atoms with Crippen molar-refractivity contribution in [3.63, 3.8) is 0 Å². The summed E-state index contributed by atoms with van der Waals surface area (Å²) in [6.07, 6.45) is 1.02. The van der Waals surface area contributed by atoms with Crippen molar-refractivity contribution in [3.8, 4) is 28.7 Å². The molecule has 1 heterocycles. The Morgan fingerprint density at radius 1 is 0.778 bits per heavy atom. The minimum Gasteiger partial charge on any atom is -0.496 e. The molecular weight excluding hydrogens is 462 g/mol. The maximum Gasteiger partial charge on any atom is 0.225 e. The number of carbonyl (C=O) groups excluding carboxylic acids is 2. The predicted octanol–water partition coefficient (Wildman–Crippen LogP) is 4.51. The van der Waals surface area contributed by atoms with Crippen molar-refractivity contribution in [2.24, 2.45) is 0 Å². The number of ketones is 1. The molecule has 1 aliphatic carbocycles. The molecule has 8 heteroatoms. The number of hydrogen-bond donors (Lipinski definition) is 1. The summed E-state index contributed by atoms with van der Waals surface area (Å²) >= 11 is 0. The van der Waals surface area contributed by atoms with Gasteiger partial charge in [0.2, 0.25) is 5.91 Å². The Kier molecular flexibility index (Phi) is 7.43. The Morgan fingerprint density at radius 3 is 2.06 bits per heavy atom. The third-order valence-corrected chi connectivity index (χ3v) is 6.67. The number of Topliss-reactive ketones (excluding diaryl/α,β-unsaturated/α-hetero) is 1. The number of methoxy groups -OCH3 is 4. The van der Waals surface area contributed by atoms with E-state index in [1.54, 1.807) is 40.6 Å². The molecule has 1 N–H and O–H groups in total. The minimum absolute atomic E-state index is 0.00422. The zero-order valence-electron chi connectivity index (χ0n) is 21.6. The number of nitrogens with one attached hydrogen (secondary N) is 1. The summed E-state index contributed by atoms with van der Waals surface area (Å²) in [7, 11) is 6.25. The zero-order chi connectivity index (χ0) is 26.0. The Morgan fingerprint density at radius 2 is 1.42 bits per heavy atom. The van der Waals surface area contributed by atoms with Gasteiger partial charge >= 0.3 is 0 Å². The van der Waals surface area contributed by atoms with Gasteiger partial charge in [0.15, 0.2) is 28.8 Å². The molecule has 8 nitrogen and oxygen atoms in total. The summed E-state index contributed by atoms with van der Waals surface area (Å²) in [6, 6.07) is 9.27. The Balaban J connectivity index is 1.72. The van der Waals surface area contributed by atoms with Crippen LogP contribution in [0.15, 0.2) is 41.6 Å². The quantitative estimate of drug-likeness (QED) is 0.576. The lowest BCUT2D eigenvalue weighted by atomic mass is 9.73. The second kappa shape index (κ2) is 10.5. The predicted molar refractivity (Wildman–Crippen MR) is 134 cm³/mol. The van der Waals surface area contributed by atoms with Gasteiger partial charge in [0, 0.05) is 41.7 Å². The van der Waals surface area contributed by atoms with Crippen molar-refractivity contribution in [3.05, 3.63) is 52.7 Å². The number of allylic oxidation sites excluding steroid dienone is 2. The van der Waals surface area contributed by atoms with Crippen molar-refractivity contribution in [1.82, 2.24) is 5.32 Å². The minimum atomic E-state index is -0.437. The third-order valence-electron chi connectivity index (χ3n) is 6.67. The van der Waals surface area contributed by atoms with Crippen LogP contribution < -0.4 is 29.0 Å². The fourth-order valence-corrected chi connectivity index (χ4v) is 5.08. The fraction of sp³-hybridized carbons (Fsp3) is 0.429. The molecule has 1 aliphatic heterocycles. The number of rotatable bonds is 8. The third kappa shape index (κ3) is 4.85. The number of carbonyl (C=O) groups is 2. The number of ether oxygens (including phenoxy) is 5. The van der Waals surface area contributed by atoms with Gasteiger partial charge in [0.05, 0.1) is 34.5 Å². The van der Waals surface area contributed by atoms with E-state index in [0.29, 0.717) is 52.9 Å². The maximum atomic E-state index is 13.6. The molecule has 2 unspecified atom stereocenters. The first-order valence-electron chi connectivity index (χ1n) is 12.0. The molecule has 0 spiro atoms. The van der Waals surface area contributed by atoms with Gasteiger partial charge in [-0.25, -0.2) is 0 Å². The normalized spacial score (nSPS) is 19.5. The Bertz CT molecular complexity index is 1200. The summed E-state index contributed by atoms with van der Waals surface area (Å²) in [4.78, 5) is 26.4. The smallest absolute Gasteiger partial charge is 0.225 e. The first kappa shape index (κ1) is 25.4. The lowest BCUT2D eigenvalue weighted by Crippen LogP contribution is -2.38. The molecule has 1 amide bonds. The Hall–Kier alpha value is -3.68. The van der Waals surface area contributed by atoms with E-state index in [2.05, 4.69) is 5.32 Å². The molecule has 2 atom stereocenters. The maximum absolute atomic E-state index is 13.6. The Labute approximate surface area is 211 Å². The summed E-state index contributed by atoms with van der Waals surface area (Å²) in [5.41, 5.74) is 2.97. The van der Waals surface area contributed by atoms with E-state index < -0.39 is 5.92 Å². The number of benzene rings is 2. The number of amides is 1. The van der Waals surface area contributed by atoms with Crippen LogP contribution in [-0.4, -0.2) is 46.2 Å². The van der Waals surface area contributed by atoms with Crippen molar-refractivity contribution < 1.29 is 33.3 Å². The van der Waals surface area contributed by atoms with E-state index in [1.807, 2.05) is 32.0 Å². The number of hydrogen-bond acceptors (Lipinski definition) is 7. The van der Waals surface area contributed by atoms with Gasteiger partial charge in [-0.1, -0.05) is 6.07 Å². The molecule has 0 bridgehead atoms. The molecular formula is C28H33NO7. The van der Waals surface area contributed by atoms with Gasteiger partial charge < -0.3 is 29.0 Å². The van der Waals surface area contributed by atoms with Gasteiger partial charge in [-0.15, -0.1) is 0 Å². The van der Waals surface area contributed by atoms with Crippen LogP contribution in [0.25, 0.3) is 0 Å². The van der Waals surface area contributed by atoms with Crippen molar-refractivity contribution in [1.29, 1.82) is 0 Å². The SMILES string of the molecule is COc1cc(OC)c(C2CC(=O)NC3=C2C(=O)CC(c2ccc(OC(C)C)c(OC)c2)C3)cc1OC. The van der Waals surface area contributed by atoms with Crippen molar-refractivity contribution in [2.75, 3.05) is 28.4 Å². The topological polar surface area (TPSA) is 92.3 Å². The highest BCUT2D eigenvalue weighted by Gasteiger charge is 2.39. The average Bonchev–Trinajstić information content (AvgIpc) is 2.86. The molecule has 2 aromatic carbocycles. The molecule has 0 saturated heterocycles. The lowest BCUT2D eigenvalue weighted by Gasteiger charge is -2.35. The van der Waals surface area contributed by atoms with E-state index in [1.165, 1.54) is 0 Å². The molecule has 2 aromatic rings. The van der Waals surface area contributed by atoms with Gasteiger partial charge in [-0.05, 0) is 49.9 Å². The molecule has 2 aliphatic rings. The lowest BCUT2D eigenvalue weighted by molar-refractivity contribution is -0.122. The molecule has 36 heavy (non-hydrogen) atoms. The summed E-state index contributed by atoms with van der Waals surface area (Å²) < 4.78 is 27.9. The van der Waals surface area contributed by atoms with Gasteiger partial charge in [-0.3, -0.25) is 9.59 Å². The van der Waals surface area contributed by atoms with Gasteiger partial charge in [-0.2, -0.15) is 0 Å². The van der Waals surface area contributed by atoms with E-state index in [4.69, 9.17) is 23.7 Å². The van der Waals surface area contributed by atoms with E-state index >= 15 is 0 Å². The first-order valence-corrected chi connectivity index (χ1v) is 12.0. The van der Waals surface area contributed by atoms with Crippen LogP contribution >= 0.6 is 0 Å². The van der Waals surface area contributed by atoms with Crippen LogP contribution in [0.1, 0.15) is 56.1 Å². The second-order valence-electron chi connectivity index (χ2n) is 9.25. The standard InChI is InChI=1S/C28H33NO7/c1-15(2)36-22-8-7-16(11-24(22)33-4)17-9-20-28(21(30)10-17)19(13-27(31)29-20)18-12-25(34-5)26(35-6)14-23(18)32-3/h7-8,11-12,14-15,17,19H,9-10,13H2,1-6H3,(H,29,31). The van der Waals surface area contributed by atoms with Crippen LogP contribution in [0.3, 0.4) is 0 Å². The van der Waals surface area contributed by atoms with Crippen LogP contribution in [0, 0.1) is 0 Å². The largest absolute Gasteiger partial charge is 0.496 e. The van der Waals surface area contributed by atoms with Gasteiger partial charge in [0.1, 0.15) is 5.75 Å².